The van der Waals surface area contributed by atoms with E-state index in [1.54, 1.807) is 6.92 Å². The van der Waals surface area contributed by atoms with Gasteiger partial charge in [-0.3, -0.25) is 17.7 Å². The first-order valence-electron chi connectivity index (χ1n) is 2.74. The Kier molecular flexibility index (Phi) is 9.95. The Bertz CT molecular complexity index is 231. The molecule has 0 atom stereocenters. The van der Waals surface area contributed by atoms with Gasteiger partial charge in [0.25, 0.3) is 0 Å². The summed E-state index contributed by atoms with van der Waals surface area (Å²) in [5, 5.41) is 0. The van der Waals surface area contributed by atoms with Gasteiger partial charge in [-0.1, -0.05) is 0 Å². The molecule has 0 aliphatic carbocycles. The second kappa shape index (κ2) is 8.08. The first-order valence-corrected chi connectivity index (χ1v) is 2.74. The molecule has 0 nitrogen and oxygen atoms in total. The second-order valence-corrected chi connectivity index (χ2v) is 1.56. The molecule has 44 valence electrons. The van der Waals surface area contributed by atoms with E-state index in [1.165, 1.54) is 0 Å². The van der Waals surface area contributed by atoms with Gasteiger partial charge < -0.3 is 5.92 Å². The first kappa shape index (κ1) is 13.6. The Labute approximate surface area is 92.1 Å². The molecule has 0 amide bonds. The first-order chi connectivity index (χ1) is 4.43. The van der Waals surface area contributed by atoms with Gasteiger partial charge in [-0.25, -0.2) is 24.1 Å². The van der Waals surface area contributed by atoms with Gasteiger partial charge in [0.15, 0.2) is 0 Å². The Hall–Kier alpha value is -0.0252. The average molecular weight is 128 g/mol. The topological polar surface area (TPSA) is 0 Å². The van der Waals surface area contributed by atoms with Crippen LogP contribution in [0.2, 0.25) is 0 Å². The molecule has 2 heteroatoms. The minimum absolute atomic E-state index is 0. The normalized spacial score (nSPS) is 6.27. The number of benzene rings is 1. The van der Waals surface area contributed by atoms with Crippen LogP contribution in [0.3, 0.4) is 0 Å². The van der Waals surface area contributed by atoms with Crippen molar-refractivity contribution in [3.05, 3.63) is 35.9 Å². The fourth-order valence-corrected chi connectivity index (χ4v) is 0.550. The van der Waals surface area contributed by atoms with Gasteiger partial charge in [0.05, 0.1) is 0 Å². The van der Waals surface area contributed by atoms with Crippen LogP contribution in [0.4, 0.5) is 0 Å². The fraction of sp³-hybridized carbons (Fsp3) is 0.111. The molecule has 0 unspecified atom stereocenters. The summed E-state index contributed by atoms with van der Waals surface area (Å²) in [4.78, 5) is 0. The molecule has 0 spiro atoms. The van der Waals surface area contributed by atoms with E-state index in [1.807, 2.05) is 18.2 Å². The van der Waals surface area contributed by atoms with Crippen molar-refractivity contribution in [2.24, 2.45) is 0 Å². The van der Waals surface area contributed by atoms with Crippen LogP contribution >= 0.6 is 0 Å². The smallest absolute Gasteiger partial charge is 0.319 e. The van der Waals surface area contributed by atoms with Gasteiger partial charge in [-0.05, 0) is 6.92 Å². The maximum absolute atomic E-state index is 2.94. The Morgan fingerprint density at radius 2 is 1.73 bits per heavy atom. The predicted octanol–water partition coefficient (Wildman–Crippen LogP) is -4.33. The van der Waals surface area contributed by atoms with Crippen LogP contribution in [0, 0.1) is 24.0 Å². The van der Waals surface area contributed by atoms with Crippen LogP contribution in [-0.4, -0.2) is 0 Å². The van der Waals surface area contributed by atoms with Gasteiger partial charge in [0.2, 0.25) is 0 Å². The van der Waals surface area contributed by atoms with Crippen LogP contribution in [-0.2, 0) is 0 Å². The van der Waals surface area contributed by atoms with Crippen molar-refractivity contribution in [2.75, 3.05) is 0 Å². The number of rotatable bonds is 0. The monoisotopic (exact) mass is 128 g/mol. The maximum Gasteiger partial charge on any atom is 1.00 e. The zero-order valence-corrected chi connectivity index (χ0v) is 7.23. The van der Waals surface area contributed by atoms with Crippen LogP contribution < -0.4 is 37.7 Å². The van der Waals surface area contributed by atoms with Gasteiger partial charge in [-0.15, -0.1) is 0 Å². The summed E-state index contributed by atoms with van der Waals surface area (Å²) in [6, 6.07) is 11.4. The van der Waals surface area contributed by atoms with E-state index in [2.05, 4.69) is 24.0 Å². The number of hydrogen-bond donors (Lipinski definition) is 0. The number of hydrogen-bond acceptors (Lipinski definition) is 0. The van der Waals surface area contributed by atoms with Crippen molar-refractivity contribution in [2.45, 2.75) is 6.92 Å². The summed E-state index contributed by atoms with van der Waals surface area (Å²) >= 11 is 0. The molecule has 0 N–H and O–H groups in total. The van der Waals surface area contributed by atoms with E-state index in [0.29, 0.717) is 0 Å². The summed E-state index contributed by atoms with van der Waals surface area (Å²) in [6.07, 6.45) is 0. The third-order valence-electron chi connectivity index (χ3n) is 0.898. The van der Waals surface area contributed by atoms with Crippen molar-refractivity contribution in [1.82, 2.24) is 0 Å². The molecule has 0 aliphatic rings. The molecule has 1 aromatic rings. The van der Waals surface area contributed by atoms with Gasteiger partial charge in [0.1, 0.15) is 0 Å². The summed E-state index contributed by atoms with van der Waals surface area (Å²) in [5.74, 6) is 5.62. The van der Waals surface area contributed by atoms with Crippen molar-refractivity contribution < 1.29 is 37.7 Å². The van der Waals surface area contributed by atoms with E-state index in [4.69, 9.17) is 0 Å². The summed E-state index contributed by atoms with van der Waals surface area (Å²) in [6.45, 7) is 1.80. The molecule has 1 rings (SSSR count). The SMILES string of the molecule is CC#Cc1[c-]ccc[c-]1.[Li+].[Li+]. The zero-order valence-electron chi connectivity index (χ0n) is 7.23. The van der Waals surface area contributed by atoms with Crippen LogP contribution in [0.1, 0.15) is 12.5 Å². The Balaban J connectivity index is 0. The molecule has 0 saturated heterocycles. The van der Waals surface area contributed by atoms with Crippen molar-refractivity contribution in [3.63, 3.8) is 0 Å². The quantitative estimate of drug-likeness (QED) is 0.188. The third-order valence-corrected chi connectivity index (χ3v) is 0.898. The van der Waals surface area contributed by atoms with Crippen LogP contribution in [0.25, 0.3) is 0 Å². The van der Waals surface area contributed by atoms with Gasteiger partial charge in [0, 0.05) is 0 Å². The van der Waals surface area contributed by atoms with Crippen LogP contribution in [0.15, 0.2) is 18.2 Å². The molecule has 1 aromatic carbocycles. The molecule has 0 aliphatic heterocycles. The summed E-state index contributed by atoms with van der Waals surface area (Å²) < 4.78 is 0. The van der Waals surface area contributed by atoms with E-state index >= 15 is 0 Å². The predicted molar refractivity (Wildman–Crippen MR) is 36.7 cm³/mol. The molecule has 11 heavy (non-hydrogen) atoms. The van der Waals surface area contributed by atoms with Gasteiger partial charge >= 0.3 is 37.7 Å². The minimum atomic E-state index is 0. The van der Waals surface area contributed by atoms with Crippen LogP contribution in [0.5, 0.6) is 0 Å². The molecule has 0 aromatic heterocycles. The van der Waals surface area contributed by atoms with Gasteiger partial charge in [-0.2, -0.15) is 0 Å². The molecule has 0 saturated carbocycles. The molecule has 0 radical (unpaired) electrons. The van der Waals surface area contributed by atoms with E-state index < -0.39 is 0 Å². The maximum atomic E-state index is 2.94. The molecular weight excluding hydrogens is 122 g/mol. The van der Waals surface area contributed by atoms with E-state index in [-0.39, 0.29) is 37.7 Å². The molecular formula is C9H6Li2. The Morgan fingerprint density at radius 3 is 2.18 bits per heavy atom. The summed E-state index contributed by atoms with van der Waals surface area (Å²) in [5.41, 5.74) is 0.833. The standard InChI is InChI=1S/C9H6.2Li/c1-2-6-9-7-4-3-5-8-9;;/h3-5H,1H3;;/q-2;2*+1. The Morgan fingerprint density at radius 1 is 1.18 bits per heavy atom. The largest absolute Gasteiger partial charge is 1.00 e. The molecule has 0 bridgehead atoms. The molecule has 0 fully saturated rings. The van der Waals surface area contributed by atoms with Crippen molar-refractivity contribution in [3.8, 4) is 11.8 Å². The fourth-order valence-electron chi connectivity index (χ4n) is 0.550. The minimum Gasteiger partial charge on any atom is -0.319 e. The zero-order chi connectivity index (χ0) is 6.53. The van der Waals surface area contributed by atoms with Crippen molar-refractivity contribution >= 4 is 0 Å². The van der Waals surface area contributed by atoms with Crippen molar-refractivity contribution in [1.29, 1.82) is 0 Å². The molecule has 0 heterocycles. The summed E-state index contributed by atoms with van der Waals surface area (Å²) in [7, 11) is 0. The third kappa shape index (κ3) is 5.27. The van der Waals surface area contributed by atoms with E-state index in [9.17, 15) is 0 Å². The average Bonchev–Trinajstić information content (AvgIpc) is 1.91. The van der Waals surface area contributed by atoms with E-state index in [0.717, 1.165) is 5.56 Å². The second-order valence-electron chi connectivity index (χ2n) is 1.56.